The van der Waals surface area contributed by atoms with Crippen LogP contribution >= 0.6 is 35.1 Å². The number of nitrogen functional groups attached to an aromatic ring is 1. The van der Waals surface area contributed by atoms with Crippen molar-refractivity contribution in [1.82, 2.24) is 24.6 Å². The molecule has 0 aliphatic carbocycles. The van der Waals surface area contributed by atoms with Gasteiger partial charge in [-0.2, -0.15) is 9.36 Å². The number of nitrogens with zero attached hydrogens (tertiary/aromatic N) is 5. The van der Waals surface area contributed by atoms with Gasteiger partial charge >= 0.3 is 11.9 Å². The molecule has 5 N–H and O–H groups in total. The van der Waals surface area contributed by atoms with Gasteiger partial charge in [-0.15, -0.1) is 11.8 Å². The summed E-state index contributed by atoms with van der Waals surface area (Å²) in [6.07, 6.45) is 4.94. The second-order valence-corrected chi connectivity index (χ2v) is 11.3. The zero-order valence-electron chi connectivity index (χ0n) is 20.3. The third-order valence-corrected chi connectivity index (χ3v) is 7.97. The fourth-order valence-electron chi connectivity index (χ4n) is 3.31. The summed E-state index contributed by atoms with van der Waals surface area (Å²) >= 11 is 3.40. The molecule has 2 aromatic heterocycles. The minimum atomic E-state index is -1.78. The predicted octanol–water partition coefficient (Wildman–Crippen LogP) is 1.14. The highest BCUT2D eigenvalue weighted by Crippen LogP contribution is 2.41. The summed E-state index contributed by atoms with van der Waals surface area (Å²) in [5.74, 6) is -4.13. The lowest BCUT2D eigenvalue weighted by atomic mass is 10.0. The fraction of sp³-hybridized carbons (Fsp3) is 0.273. The molecular weight excluding hydrogens is 570 g/mol. The number of oxime groups is 1. The third kappa shape index (κ3) is 6.04. The van der Waals surface area contributed by atoms with Gasteiger partial charge in [0.15, 0.2) is 5.13 Å². The number of anilines is 1. The van der Waals surface area contributed by atoms with Crippen LogP contribution in [-0.4, -0.2) is 81.7 Å². The van der Waals surface area contributed by atoms with Gasteiger partial charge in [0.25, 0.3) is 11.8 Å². The van der Waals surface area contributed by atoms with Crippen molar-refractivity contribution < 1.29 is 34.2 Å². The molecule has 2 amide bonds. The molecule has 14 nitrogen and oxygen atoms in total. The SMILES string of the molecule is CC(C)(ON=C(C(=O)NC1C(=O)N2C(C(=O)O)=C(C=CSc3cccnc3)CS[C@@H]12)c1nsc(N)n1)C(=O)O. The van der Waals surface area contributed by atoms with Crippen LogP contribution in [0.25, 0.3) is 0 Å². The number of carboxylic acids is 2. The average molecular weight is 592 g/mol. The molecule has 2 atom stereocenters. The van der Waals surface area contributed by atoms with E-state index >= 15 is 0 Å². The predicted molar refractivity (Wildman–Crippen MR) is 143 cm³/mol. The average Bonchev–Trinajstić information content (AvgIpc) is 3.32. The van der Waals surface area contributed by atoms with Gasteiger partial charge < -0.3 is 26.1 Å². The van der Waals surface area contributed by atoms with E-state index in [-0.39, 0.29) is 22.4 Å². The molecule has 0 saturated carbocycles. The lowest BCUT2D eigenvalue weighted by Crippen LogP contribution is -2.71. The quantitative estimate of drug-likeness (QED) is 0.132. The van der Waals surface area contributed by atoms with E-state index < -0.39 is 46.5 Å². The van der Waals surface area contributed by atoms with Crippen LogP contribution in [0.4, 0.5) is 5.13 Å². The molecule has 17 heteroatoms. The number of thioether (sulfide) groups is 2. The number of hydrogen-bond acceptors (Lipinski definition) is 13. The molecule has 39 heavy (non-hydrogen) atoms. The number of fused-ring (bicyclic) bond motifs is 1. The Hall–Kier alpha value is -3.96. The molecule has 0 spiro atoms. The summed E-state index contributed by atoms with van der Waals surface area (Å²) in [4.78, 5) is 64.5. The second kappa shape index (κ2) is 11.4. The van der Waals surface area contributed by atoms with Crippen molar-refractivity contribution in [1.29, 1.82) is 0 Å². The zero-order valence-corrected chi connectivity index (χ0v) is 22.7. The number of hydrogen-bond donors (Lipinski definition) is 4. The maximum absolute atomic E-state index is 13.1. The van der Waals surface area contributed by atoms with Crippen LogP contribution in [0.1, 0.15) is 19.7 Å². The van der Waals surface area contributed by atoms with Crippen molar-refractivity contribution in [3.05, 3.63) is 53.1 Å². The molecule has 0 aromatic carbocycles. The van der Waals surface area contributed by atoms with Crippen molar-refractivity contribution in [2.24, 2.45) is 5.16 Å². The van der Waals surface area contributed by atoms with E-state index in [0.29, 0.717) is 5.57 Å². The Kier molecular flexibility index (Phi) is 8.22. The van der Waals surface area contributed by atoms with Gasteiger partial charge in [0, 0.05) is 34.6 Å². The Balaban J connectivity index is 1.52. The maximum Gasteiger partial charge on any atom is 0.352 e. The molecule has 1 saturated heterocycles. The summed E-state index contributed by atoms with van der Waals surface area (Å²) in [6, 6.07) is 2.55. The van der Waals surface area contributed by atoms with Crippen molar-refractivity contribution in [2.45, 2.75) is 35.8 Å². The number of amides is 2. The number of allylic oxidation sites excluding steroid dienone is 1. The first-order chi connectivity index (χ1) is 18.5. The monoisotopic (exact) mass is 591 g/mol. The number of nitrogens with one attached hydrogen (secondary N) is 1. The highest BCUT2D eigenvalue weighted by Gasteiger charge is 2.54. The number of aromatic nitrogens is 3. The smallest absolute Gasteiger partial charge is 0.352 e. The van der Waals surface area contributed by atoms with Gasteiger partial charge in [-0.05, 0) is 43.0 Å². The molecule has 4 heterocycles. The van der Waals surface area contributed by atoms with Crippen LogP contribution in [-0.2, 0) is 24.0 Å². The number of β-lactam (4-membered cyclic amide) rings is 1. The molecule has 1 unspecified atom stereocenters. The highest BCUT2D eigenvalue weighted by molar-refractivity contribution is 8.02. The number of aliphatic carboxylic acids is 2. The van der Waals surface area contributed by atoms with E-state index in [1.807, 2.05) is 6.07 Å². The van der Waals surface area contributed by atoms with Crippen LogP contribution in [0.15, 0.2) is 57.3 Å². The van der Waals surface area contributed by atoms with Gasteiger partial charge in [-0.25, -0.2) is 9.59 Å². The van der Waals surface area contributed by atoms with Crippen molar-refractivity contribution in [3.63, 3.8) is 0 Å². The second-order valence-electron chi connectivity index (χ2n) is 8.45. The first-order valence-electron chi connectivity index (χ1n) is 11.0. The highest BCUT2D eigenvalue weighted by atomic mass is 32.2. The fourth-order valence-corrected chi connectivity index (χ4v) is 5.73. The third-order valence-electron chi connectivity index (χ3n) is 5.34. The molecule has 0 bridgehead atoms. The van der Waals surface area contributed by atoms with Gasteiger partial charge in [0.1, 0.15) is 17.1 Å². The summed E-state index contributed by atoms with van der Waals surface area (Å²) < 4.78 is 3.92. The van der Waals surface area contributed by atoms with E-state index in [4.69, 9.17) is 10.6 Å². The van der Waals surface area contributed by atoms with E-state index in [1.54, 1.807) is 29.9 Å². The van der Waals surface area contributed by atoms with Crippen LogP contribution < -0.4 is 11.1 Å². The standard InChI is InChI=1S/C22H21N7O7S3/c1-22(2,20(34)35)36-27-12(15-26-21(23)39-28-15)16(30)25-13-17(31)29-14(19(32)33)10(9-38-18(13)29)5-7-37-11-4-3-6-24-8-11/h3-8,13,18H,9H2,1-2H3,(H,25,30)(H,32,33)(H,34,35)(H2,23,26,28)/t13?,18-/m0/s1. The van der Waals surface area contributed by atoms with Crippen LogP contribution in [0.3, 0.4) is 0 Å². The van der Waals surface area contributed by atoms with Crippen LogP contribution in [0.2, 0.25) is 0 Å². The number of pyridine rings is 1. The van der Waals surface area contributed by atoms with E-state index in [1.165, 1.54) is 37.4 Å². The molecule has 0 radical (unpaired) electrons. The lowest BCUT2D eigenvalue weighted by molar-refractivity contribution is -0.161. The number of carbonyl (C=O) groups is 4. The Morgan fingerprint density at radius 2 is 2.13 bits per heavy atom. The van der Waals surface area contributed by atoms with Gasteiger partial charge in [0.05, 0.1) is 0 Å². The number of carbonyl (C=O) groups excluding carboxylic acids is 2. The molecule has 2 aliphatic rings. The first-order valence-corrected chi connectivity index (χ1v) is 13.7. The topological polar surface area (TPSA) is 210 Å². The van der Waals surface area contributed by atoms with Crippen molar-refractivity contribution >= 4 is 69.7 Å². The Labute approximate surface area is 233 Å². The molecule has 2 aromatic rings. The number of nitrogens with two attached hydrogens (primary N) is 1. The normalized spacial score (nSPS) is 19.5. The largest absolute Gasteiger partial charge is 0.478 e. The Bertz CT molecular complexity index is 1410. The zero-order chi connectivity index (χ0) is 28.3. The lowest BCUT2D eigenvalue weighted by Gasteiger charge is -2.49. The summed E-state index contributed by atoms with van der Waals surface area (Å²) in [5, 5.41) is 26.3. The summed E-state index contributed by atoms with van der Waals surface area (Å²) in [7, 11) is 0. The number of carboxylic acid groups (broad SMARTS) is 2. The Morgan fingerprint density at radius 1 is 1.36 bits per heavy atom. The van der Waals surface area contributed by atoms with Crippen LogP contribution in [0, 0.1) is 0 Å². The first kappa shape index (κ1) is 28.1. The van der Waals surface area contributed by atoms with Crippen LogP contribution in [0.5, 0.6) is 0 Å². The minimum absolute atomic E-state index is 0.0234. The van der Waals surface area contributed by atoms with Gasteiger partial charge in [0.2, 0.25) is 17.1 Å². The molecule has 2 aliphatic heterocycles. The molecule has 1 fully saturated rings. The van der Waals surface area contributed by atoms with Gasteiger partial charge in [-0.1, -0.05) is 16.9 Å². The summed E-state index contributed by atoms with van der Waals surface area (Å²) in [5.41, 5.74) is 3.60. The summed E-state index contributed by atoms with van der Waals surface area (Å²) in [6.45, 7) is 2.45. The molecule has 4 rings (SSSR count). The van der Waals surface area contributed by atoms with Gasteiger partial charge in [-0.3, -0.25) is 19.5 Å². The Morgan fingerprint density at radius 3 is 2.74 bits per heavy atom. The maximum atomic E-state index is 13.1. The molecular formula is C22H21N7O7S3. The minimum Gasteiger partial charge on any atom is -0.478 e. The van der Waals surface area contributed by atoms with E-state index in [9.17, 15) is 29.4 Å². The van der Waals surface area contributed by atoms with E-state index in [2.05, 4.69) is 24.8 Å². The number of rotatable bonds is 10. The van der Waals surface area contributed by atoms with E-state index in [0.717, 1.165) is 21.3 Å². The van der Waals surface area contributed by atoms with Crippen molar-refractivity contribution in [2.75, 3.05) is 11.5 Å². The molecule has 204 valence electrons. The van der Waals surface area contributed by atoms with Crippen molar-refractivity contribution in [3.8, 4) is 0 Å².